The summed E-state index contributed by atoms with van der Waals surface area (Å²) >= 11 is 0. The van der Waals surface area contributed by atoms with Crippen LogP contribution in [0.4, 0.5) is 0 Å². The Morgan fingerprint density at radius 2 is 2.38 bits per heavy atom. The summed E-state index contributed by atoms with van der Waals surface area (Å²) in [6.07, 6.45) is 0.472. The molecule has 0 saturated heterocycles. The van der Waals surface area contributed by atoms with Crippen LogP contribution < -0.4 is 11.7 Å². The summed E-state index contributed by atoms with van der Waals surface area (Å²) in [5.41, 5.74) is 0. The van der Waals surface area contributed by atoms with Crippen LogP contribution in [0, 0.1) is 0 Å². The summed E-state index contributed by atoms with van der Waals surface area (Å²) in [4.78, 5) is 9.85. The summed E-state index contributed by atoms with van der Waals surface area (Å²) in [6, 6.07) is 0. The number of hydrazone groups is 1. The summed E-state index contributed by atoms with van der Waals surface area (Å²) in [5, 5.41) is 4.09. The van der Waals surface area contributed by atoms with Gasteiger partial charge in [-0.3, -0.25) is 9.80 Å². The van der Waals surface area contributed by atoms with Crippen molar-refractivity contribution in [2.45, 2.75) is 0 Å². The number of nitrogens with zero attached hydrogens (tertiary/aromatic N) is 2. The van der Waals surface area contributed by atoms with Gasteiger partial charge >= 0.3 is 0 Å². The van der Waals surface area contributed by atoms with Gasteiger partial charge in [-0.25, -0.2) is 5.84 Å². The quantitative estimate of drug-likeness (QED) is 0.140. The first-order chi connectivity index (χ1) is 3.72. The second-order valence-corrected chi connectivity index (χ2v) is 1.22. The average molecular weight is 116 g/mol. The van der Waals surface area contributed by atoms with Crippen LogP contribution in [0.3, 0.4) is 0 Å². The predicted octanol–water partition coefficient (Wildman–Crippen LogP) is -1.74. The number of carbonyl (C=O) groups excluding carboxylic acids is 1. The Hall–Kier alpha value is -1.10. The van der Waals surface area contributed by atoms with Crippen molar-refractivity contribution < 1.29 is 4.79 Å². The molecule has 0 atom stereocenters. The van der Waals surface area contributed by atoms with Gasteiger partial charge in [-0.05, 0) is 0 Å². The molecule has 0 heterocycles. The highest BCUT2D eigenvalue weighted by atomic mass is 16.1. The van der Waals surface area contributed by atoms with Crippen LogP contribution in [0.15, 0.2) is 5.10 Å². The van der Waals surface area contributed by atoms with Gasteiger partial charge in [0.2, 0.25) is 5.84 Å². The van der Waals surface area contributed by atoms with Crippen molar-refractivity contribution in [2.75, 3.05) is 7.05 Å². The van der Waals surface area contributed by atoms with Crippen molar-refractivity contribution in [1.29, 1.82) is 0 Å². The largest absolute Gasteiger partial charge is 0.321 e. The van der Waals surface area contributed by atoms with Crippen LogP contribution in [0.25, 0.3) is 0 Å². The van der Waals surface area contributed by atoms with E-state index in [1.165, 1.54) is 7.05 Å². The molecule has 8 heavy (non-hydrogen) atoms. The van der Waals surface area contributed by atoms with Crippen molar-refractivity contribution in [1.82, 2.24) is 5.01 Å². The van der Waals surface area contributed by atoms with E-state index in [1.807, 2.05) is 0 Å². The Morgan fingerprint density at radius 1 is 1.88 bits per heavy atom. The fourth-order valence-electron chi connectivity index (χ4n) is 0.205. The third-order valence-corrected chi connectivity index (χ3v) is 0.599. The maximum Gasteiger partial charge on any atom is 0.202 e. The van der Waals surface area contributed by atoms with Crippen LogP contribution in [0.5, 0.6) is 0 Å². The second kappa shape index (κ2) is 2.98. The average Bonchev–Trinajstić information content (AvgIpc) is 1.69. The van der Waals surface area contributed by atoms with E-state index in [4.69, 9.17) is 11.7 Å². The predicted molar refractivity (Wildman–Crippen MR) is 29.6 cm³/mol. The Kier molecular flexibility index (Phi) is 2.57. The number of hydrazine groups is 1. The van der Waals surface area contributed by atoms with E-state index in [9.17, 15) is 4.79 Å². The highest BCUT2D eigenvalue weighted by Gasteiger charge is 1.95. The van der Waals surface area contributed by atoms with Crippen molar-refractivity contribution in [3.05, 3.63) is 0 Å². The minimum atomic E-state index is 0.0185. The third kappa shape index (κ3) is 1.57. The van der Waals surface area contributed by atoms with Gasteiger partial charge in [-0.2, -0.15) is 5.10 Å². The molecule has 5 heteroatoms. The number of carbonyl (C=O) groups is 1. The molecule has 0 aromatic rings. The first-order valence-corrected chi connectivity index (χ1v) is 1.94. The van der Waals surface area contributed by atoms with E-state index in [0.29, 0.717) is 6.29 Å². The number of hydrogen-bond acceptors (Lipinski definition) is 4. The number of hydrogen-bond donors (Lipinski definition) is 2. The molecule has 4 N–H and O–H groups in total. The van der Waals surface area contributed by atoms with E-state index in [1.54, 1.807) is 0 Å². The molecule has 0 aromatic heterocycles. The molecule has 0 bridgehead atoms. The molecule has 0 fully saturated rings. The molecule has 0 rings (SSSR count). The first-order valence-electron chi connectivity index (χ1n) is 1.94. The molecule has 0 saturated carbocycles. The van der Waals surface area contributed by atoms with E-state index in [2.05, 4.69) is 5.10 Å². The fraction of sp³-hybridized carbons (Fsp3) is 0.333. The summed E-state index contributed by atoms with van der Waals surface area (Å²) in [5.74, 6) is 9.79. The molecule has 0 aliphatic rings. The van der Waals surface area contributed by atoms with Crippen LogP contribution in [-0.4, -0.2) is 24.2 Å². The minimum Gasteiger partial charge on any atom is -0.321 e. The number of aldehydes is 1. The van der Waals surface area contributed by atoms with Crippen molar-refractivity contribution in [2.24, 2.45) is 16.8 Å². The lowest BCUT2D eigenvalue weighted by Crippen LogP contribution is -2.34. The SMILES string of the molecule is CN(N)/C(C=O)=N\N. The van der Waals surface area contributed by atoms with Gasteiger partial charge in [-0.15, -0.1) is 0 Å². The lowest BCUT2D eigenvalue weighted by molar-refractivity contribution is -0.103. The van der Waals surface area contributed by atoms with Gasteiger partial charge in [0.05, 0.1) is 0 Å². The Balaban J connectivity index is 3.91. The number of likely N-dealkylation sites (N-methyl/N-ethyl adjacent to an activating group) is 1. The van der Waals surface area contributed by atoms with Gasteiger partial charge in [-0.1, -0.05) is 0 Å². The Bertz CT molecular complexity index is 108. The molecular formula is C3H8N4O. The van der Waals surface area contributed by atoms with Crippen LogP contribution in [0.2, 0.25) is 0 Å². The van der Waals surface area contributed by atoms with Gasteiger partial charge in [0, 0.05) is 7.05 Å². The molecule has 0 aromatic carbocycles. The smallest absolute Gasteiger partial charge is 0.202 e. The maximum absolute atomic E-state index is 9.85. The zero-order valence-corrected chi connectivity index (χ0v) is 4.53. The summed E-state index contributed by atoms with van der Waals surface area (Å²) in [6.45, 7) is 0. The molecule has 5 nitrogen and oxygen atoms in total. The van der Waals surface area contributed by atoms with Crippen LogP contribution >= 0.6 is 0 Å². The van der Waals surface area contributed by atoms with Gasteiger partial charge in [0.15, 0.2) is 6.29 Å². The van der Waals surface area contributed by atoms with E-state index >= 15 is 0 Å². The lowest BCUT2D eigenvalue weighted by Gasteiger charge is -2.06. The first kappa shape index (κ1) is 6.90. The Labute approximate surface area is 46.9 Å². The molecule has 0 aliphatic carbocycles. The van der Waals surface area contributed by atoms with Crippen molar-refractivity contribution in [3.63, 3.8) is 0 Å². The zero-order valence-electron chi connectivity index (χ0n) is 4.53. The molecule has 0 radical (unpaired) electrons. The Morgan fingerprint density at radius 3 is 2.38 bits per heavy atom. The third-order valence-electron chi connectivity index (χ3n) is 0.599. The monoisotopic (exact) mass is 116 g/mol. The van der Waals surface area contributed by atoms with E-state index < -0.39 is 0 Å². The number of rotatable bonds is 1. The molecular weight excluding hydrogens is 108 g/mol. The minimum absolute atomic E-state index is 0.0185. The maximum atomic E-state index is 9.85. The van der Waals surface area contributed by atoms with Crippen LogP contribution in [-0.2, 0) is 4.79 Å². The molecule has 0 aliphatic heterocycles. The van der Waals surface area contributed by atoms with E-state index in [-0.39, 0.29) is 5.84 Å². The normalized spacial score (nSPS) is 11.0. The fourth-order valence-corrected chi connectivity index (χ4v) is 0.205. The standard InChI is InChI=1S/C3H8N4O/c1-7(5)3(2-8)6-4/h2H,4-5H2,1H3/b6-3-. The molecule has 0 amide bonds. The van der Waals surface area contributed by atoms with Crippen LogP contribution in [0.1, 0.15) is 0 Å². The second-order valence-electron chi connectivity index (χ2n) is 1.22. The van der Waals surface area contributed by atoms with Crippen molar-refractivity contribution >= 4 is 12.1 Å². The molecule has 46 valence electrons. The highest BCUT2D eigenvalue weighted by molar-refractivity contribution is 6.26. The van der Waals surface area contributed by atoms with Gasteiger partial charge < -0.3 is 5.84 Å². The topological polar surface area (TPSA) is 84.7 Å². The molecule has 0 unspecified atom stereocenters. The van der Waals surface area contributed by atoms with Gasteiger partial charge in [0.1, 0.15) is 0 Å². The zero-order chi connectivity index (χ0) is 6.57. The summed E-state index contributed by atoms with van der Waals surface area (Å²) in [7, 11) is 1.47. The van der Waals surface area contributed by atoms with Crippen molar-refractivity contribution in [3.8, 4) is 0 Å². The number of amidine groups is 1. The lowest BCUT2D eigenvalue weighted by atomic mass is 10.6. The van der Waals surface area contributed by atoms with E-state index in [0.717, 1.165) is 5.01 Å². The highest BCUT2D eigenvalue weighted by Crippen LogP contribution is 1.68. The van der Waals surface area contributed by atoms with Gasteiger partial charge in [0.25, 0.3) is 0 Å². The molecule has 0 spiro atoms. The number of nitrogens with two attached hydrogens (primary N) is 2. The summed E-state index contributed by atoms with van der Waals surface area (Å²) < 4.78 is 0.